The molecule has 0 bridgehead atoms. The van der Waals surface area contributed by atoms with Gasteiger partial charge in [0.25, 0.3) is 0 Å². The van der Waals surface area contributed by atoms with Crippen molar-refractivity contribution < 1.29 is 9.59 Å². The van der Waals surface area contributed by atoms with Crippen LogP contribution in [0.1, 0.15) is 13.3 Å². The maximum Gasteiger partial charge on any atom is 0.236 e. The number of hydrogen-bond donors (Lipinski definition) is 1. The monoisotopic (exact) mass is 282 g/mol. The van der Waals surface area contributed by atoms with Crippen LogP contribution in [-0.2, 0) is 9.59 Å². The number of rotatable bonds is 3. The van der Waals surface area contributed by atoms with E-state index in [0.717, 1.165) is 39.1 Å². The van der Waals surface area contributed by atoms with Crippen molar-refractivity contribution >= 4 is 11.8 Å². The summed E-state index contributed by atoms with van der Waals surface area (Å²) in [6.45, 7) is 6.54. The molecule has 2 fully saturated rings. The third-order valence-electron chi connectivity index (χ3n) is 4.38. The summed E-state index contributed by atoms with van der Waals surface area (Å²) < 4.78 is 0. The van der Waals surface area contributed by atoms with Crippen molar-refractivity contribution in [2.75, 3.05) is 53.4 Å². The van der Waals surface area contributed by atoms with Crippen molar-refractivity contribution in [3.63, 3.8) is 0 Å². The first-order chi connectivity index (χ1) is 9.49. The summed E-state index contributed by atoms with van der Waals surface area (Å²) in [7, 11) is 3.55. The molecule has 0 aliphatic carbocycles. The van der Waals surface area contributed by atoms with Gasteiger partial charge in [-0.15, -0.1) is 0 Å². The molecular weight excluding hydrogens is 256 g/mol. The third-order valence-corrected chi connectivity index (χ3v) is 4.38. The van der Waals surface area contributed by atoms with Crippen molar-refractivity contribution in [3.8, 4) is 0 Å². The zero-order valence-electron chi connectivity index (χ0n) is 12.8. The molecular formula is C14H26N4O2. The van der Waals surface area contributed by atoms with Crippen molar-refractivity contribution in [2.24, 2.45) is 5.92 Å². The second kappa shape index (κ2) is 6.54. The van der Waals surface area contributed by atoms with E-state index in [-0.39, 0.29) is 23.8 Å². The smallest absolute Gasteiger partial charge is 0.236 e. The van der Waals surface area contributed by atoms with Crippen LogP contribution in [0.2, 0.25) is 0 Å². The first-order valence-electron chi connectivity index (χ1n) is 7.43. The summed E-state index contributed by atoms with van der Waals surface area (Å²) in [4.78, 5) is 29.8. The Bertz CT molecular complexity index is 364. The van der Waals surface area contributed by atoms with Crippen LogP contribution in [0.25, 0.3) is 0 Å². The molecule has 2 aliphatic rings. The zero-order chi connectivity index (χ0) is 14.7. The highest BCUT2D eigenvalue weighted by Gasteiger charge is 2.34. The van der Waals surface area contributed by atoms with Gasteiger partial charge in [-0.05, 0) is 19.9 Å². The van der Waals surface area contributed by atoms with Crippen LogP contribution < -0.4 is 5.32 Å². The average Bonchev–Trinajstić information content (AvgIpc) is 2.85. The van der Waals surface area contributed by atoms with Crippen LogP contribution in [-0.4, -0.2) is 85.9 Å². The number of hydrogen-bond acceptors (Lipinski definition) is 4. The van der Waals surface area contributed by atoms with E-state index in [1.54, 1.807) is 19.0 Å². The lowest BCUT2D eigenvalue weighted by Gasteiger charge is -2.36. The number of nitrogens with one attached hydrogen (secondary N) is 1. The van der Waals surface area contributed by atoms with Gasteiger partial charge >= 0.3 is 0 Å². The number of carbonyl (C=O) groups excluding carboxylic acids is 2. The minimum absolute atomic E-state index is 0.124. The number of amides is 2. The molecule has 2 heterocycles. The summed E-state index contributed by atoms with van der Waals surface area (Å²) in [6.07, 6.45) is 0.944. The van der Waals surface area contributed by atoms with E-state index >= 15 is 0 Å². The first-order valence-corrected chi connectivity index (χ1v) is 7.43. The van der Waals surface area contributed by atoms with E-state index in [4.69, 9.17) is 0 Å². The lowest BCUT2D eigenvalue weighted by atomic mass is 10.00. The number of piperazine rings is 1. The Balaban J connectivity index is 1.79. The molecule has 0 aromatic carbocycles. The minimum atomic E-state index is 0.124. The van der Waals surface area contributed by atoms with Gasteiger partial charge < -0.3 is 15.1 Å². The zero-order valence-corrected chi connectivity index (χ0v) is 12.8. The summed E-state index contributed by atoms with van der Waals surface area (Å²) >= 11 is 0. The molecule has 2 amide bonds. The molecule has 114 valence electrons. The SMILES string of the molecule is CC1NCCC1C(=O)N1CCN(CC(=O)N(C)C)CC1. The normalized spacial score (nSPS) is 27.6. The average molecular weight is 282 g/mol. The van der Waals surface area contributed by atoms with Crippen LogP contribution >= 0.6 is 0 Å². The fourth-order valence-electron chi connectivity index (χ4n) is 2.89. The molecule has 0 aromatic heterocycles. The predicted molar refractivity (Wildman–Crippen MR) is 77.3 cm³/mol. The predicted octanol–water partition coefficient (Wildman–Crippen LogP) is -0.783. The lowest BCUT2D eigenvalue weighted by Crippen LogP contribution is -2.53. The van der Waals surface area contributed by atoms with E-state index in [2.05, 4.69) is 17.1 Å². The molecule has 2 rings (SSSR count). The van der Waals surface area contributed by atoms with Gasteiger partial charge in [0.1, 0.15) is 0 Å². The molecule has 6 heteroatoms. The molecule has 0 aromatic rings. The molecule has 20 heavy (non-hydrogen) atoms. The Kier molecular flexibility index (Phi) is 4.99. The number of carbonyl (C=O) groups is 2. The molecule has 2 aliphatic heterocycles. The van der Waals surface area contributed by atoms with E-state index in [9.17, 15) is 9.59 Å². The quantitative estimate of drug-likeness (QED) is 0.737. The van der Waals surface area contributed by atoms with Gasteiger partial charge in [0.05, 0.1) is 12.5 Å². The first kappa shape index (κ1) is 15.3. The highest BCUT2D eigenvalue weighted by Crippen LogP contribution is 2.19. The molecule has 6 nitrogen and oxygen atoms in total. The van der Waals surface area contributed by atoms with Gasteiger partial charge in [0.15, 0.2) is 0 Å². The van der Waals surface area contributed by atoms with E-state index < -0.39 is 0 Å². The van der Waals surface area contributed by atoms with Gasteiger partial charge in [0.2, 0.25) is 11.8 Å². The Hall–Kier alpha value is -1.14. The highest BCUT2D eigenvalue weighted by atomic mass is 16.2. The van der Waals surface area contributed by atoms with Crippen molar-refractivity contribution in [2.45, 2.75) is 19.4 Å². The molecule has 0 saturated carbocycles. The minimum Gasteiger partial charge on any atom is -0.348 e. The van der Waals surface area contributed by atoms with Crippen LogP contribution in [0.5, 0.6) is 0 Å². The molecule has 0 spiro atoms. The van der Waals surface area contributed by atoms with Crippen LogP contribution in [0.3, 0.4) is 0 Å². The summed E-state index contributed by atoms with van der Waals surface area (Å²) in [5.74, 6) is 0.532. The van der Waals surface area contributed by atoms with Gasteiger partial charge in [0, 0.05) is 46.3 Å². The van der Waals surface area contributed by atoms with E-state index in [0.29, 0.717) is 6.54 Å². The molecule has 2 unspecified atom stereocenters. The Morgan fingerprint density at radius 3 is 2.35 bits per heavy atom. The van der Waals surface area contributed by atoms with Gasteiger partial charge in [-0.25, -0.2) is 0 Å². The Morgan fingerprint density at radius 1 is 1.20 bits per heavy atom. The maximum atomic E-state index is 12.4. The van der Waals surface area contributed by atoms with E-state index in [1.165, 1.54) is 0 Å². The Labute approximate surface area is 121 Å². The van der Waals surface area contributed by atoms with Crippen LogP contribution in [0.4, 0.5) is 0 Å². The molecule has 1 N–H and O–H groups in total. The van der Waals surface area contributed by atoms with Gasteiger partial charge in [-0.1, -0.05) is 0 Å². The summed E-state index contributed by atoms with van der Waals surface area (Å²) in [6, 6.07) is 0.288. The van der Waals surface area contributed by atoms with Gasteiger partial charge in [-0.2, -0.15) is 0 Å². The van der Waals surface area contributed by atoms with Crippen molar-refractivity contribution in [1.82, 2.24) is 20.0 Å². The fraction of sp³-hybridized carbons (Fsp3) is 0.857. The van der Waals surface area contributed by atoms with Crippen molar-refractivity contribution in [3.05, 3.63) is 0 Å². The number of likely N-dealkylation sites (N-methyl/N-ethyl adjacent to an activating group) is 1. The lowest BCUT2D eigenvalue weighted by molar-refractivity contribution is -0.138. The largest absolute Gasteiger partial charge is 0.348 e. The summed E-state index contributed by atoms with van der Waals surface area (Å²) in [5.41, 5.74) is 0. The topological polar surface area (TPSA) is 55.9 Å². The van der Waals surface area contributed by atoms with Gasteiger partial charge in [-0.3, -0.25) is 14.5 Å². The third kappa shape index (κ3) is 3.49. The second-order valence-corrected chi connectivity index (χ2v) is 6.03. The van der Waals surface area contributed by atoms with Crippen molar-refractivity contribution in [1.29, 1.82) is 0 Å². The van der Waals surface area contributed by atoms with Crippen LogP contribution in [0, 0.1) is 5.92 Å². The second-order valence-electron chi connectivity index (χ2n) is 6.03. The molecule has 2 saturated heterocycles. The molecule has 2 atom stereocenters. The molecule has 0 radical (unpaired) electrons. The number of nitrogens with zero attached hydrogens (tertiary/aromatic N) is 3. The Morgan fingerprint density at radius 2 is 1.85 bits per heavy atom. The summed E-state index contributed by atoms with van der Waals surface area (Å²) in [5, 5.41) is 3.33. The maximum absolute atomic E-state index is 12.4. The van der Waals surface area contributed by atoms with E-state index in [1.807, 2.05) is 4.90 Å². The fourth-order valence-corrected chi connectivity index (χ4v) is 2.89. The highest BCUT2D eigenvalue weighted by molar-refractivity contribution is 5.80. The van der Waals surface area contributed by atoms with Crippen LogP contribution in [0.15, 0.2) is 0 Å². The standard InChI is InChI=1S/C14H26N4O2/c1-11-12(4-5-15-11)14(20)18-8-6-17(7-9-18)10-13(19)16(2)3/h11-12,15H,4-10H2,1-3H3.